The Balaban J connectivity index is 2.27. The smallest absolute Gasteiger partial charge is 0.326 e. The Labute approximate surface area is 123 Å². The van der Waals surface area contributed by atoms with Crippen molar-refractivity contribution < 1.29 is 27.4 Å². The van der Waals surface area contributed by atoms with E-state index < -0.39 is 39.9 Å². The molecule has 1 amide bonds. The molecule has 1 aliphatic heterocycles. The Morgan fingerprint density at radius 1 is 1.50 bits per heavy atom. The van der Waals surface area contributed by atoms with Gasteiger partial charge in [0.05, 0.1) is 18.2 Å². The first-order valence-electron chi connectivity index (χ1n) is 5.89. The fraction of sp³-hybridized carbons (Fsp3) is 0.182. The maximum absolute atomic E-state index is 14.6. The van der Waals surface area contributed by atoms with Crippen molar-refractivity contribution in [3.8, 4) is 11.8 Å². The Bertz CT molecular complexity index is 901. The van der Waals surface area contributed by atoms with Crippen LogP contribution in [0.25, 0.3) is 10.9 Å². The lowest BCUT2D eigenvalue weighted by atomic mass is 10.2. The molecule has 1 aromatic carbocycles. The number of phenolic OH excluding ortho intramolecular Hbond substituents is 1. The van der Waals surface area contributed by atoms with E-state index >= 15 is 0 Å². The number of methoxy groups -OCH3 is 1. The van der Waals surface area contributed by atoms with Crippen molar-refractivity contribution >= 4 is 32.7 Å². The molecule has 11 heteroatoms. The van der Waals surface area contributed by atoms with Gasteiger partial charge in [-0.2, -0.15) is 13.4 Å². The van der Waals surface area contributed by atoms with Gasteiger partial charge in [-0.1, -0.05) is 0 Å². The molecule has 9 nitrogen and oxygen atoms in total. The predicted molar refractivity (Wildman–Crippen MR) is 72.1 cm³/mol. The number of phenols is 1. The molecule has 2 aromatic rings. The minimum atomic E-state index is -4.20. The Hall–Kier alpha value is -2.69. The molecule has 1 fully saturated rings. The zero-order chi connectivity index (χ0) is 16.1. The van der Waals surface area contributed by atoms with Gasteiger partial charge in [0.25, 0.3) is 5.91 Å². The molecule has 1 aliphatic rings. The Morgan fingerprint density at radius 2 is 2.23 bits per heavy atom. The molecule has 0 saturated carbocycles. The predicted octanol–water partition coefficient (Wildman–Crippen LogP) is -0.336. The van der Waals surface area contributed by atoms with E-state index in [9.17, 15) is 22.7 Å². The van der Waals surface area contributed by atoms with Crippen molar-refractivity contribution in [2.24, 2.45) is 0 Å². The third-order valence-electron chi connectivity index (χ3n) is 3.02. The lowest BCUT2D eigenvalue weighted by Crippen LogP contribution is -2.30. The van der Waals surface area contributed by atoms with Gasteiger partial charge in [-0.05, 0) is 0 Å². The molecule has 22 heavy (non-hydrogen) atoms. The molecule has 0 spiro atoms. The van der Waals surface area contributed by atoms with Gasteiger partial charge in [0, 0.05) is 12.3 Å². The maximum atomic E-state index is 14.6. The number of anilines is 1. The molecular formula is C11H9FN4O5S. The highest BCUT2D eigenvalue weighted by Crippen LogP contribution is 2.35. The van der Waals surface area contributed by atoms with Crippen LogP contribution in [0.3, 0.4) is 0 Å². The molecule has 0 radical (unpaired) electrons. The van der Waals surface area contributed by atoms with E-state index in [1.165, 1.54) is 7.11 Å². The summed E-state index contributed by atoms with van der Waals surface area (Å²) in [7, 11) is -2.93. The van der Waals surface area contributed by atoms with Gasteiger partial charge < -0.3 is 9.84 Å². The van der Waals surface area contributed by atoms with Crippen LogP contribution < -0.4 is 13.8 Å². The summed E-state index contributed by atoms with van der Waals surface area (Å²) in [5.41, 5.74) is -0.819. The number of benzene rings is 1. The van der Waals surface area contributed by atoms with Crippen molar-refractivity contribution in [1.82, 2.24) is 14.7 Å². The number of nitrogens with zero attached hydrogens (tertiary/aromatic N) is 3. The van der Waals surface area contributed by atoms with Crippen LogP contribution in [0, 0.1) is 5.82 Å². The molecule has 1 aromatic heterocycles. The fourth-order valence-corrected chi connectivity index (χ4v) is 3.19. The van der Waals surface area contributed by atoms with Gasteiger partial charge in [-0.25, -0.2) is 18.4 Å². The van der Waals surface area contributed by atoms with E-state index in [-0.39, 0.29) is 16.9 Å². The number of amides is 1. The zero-order valence-corrected chi connectivity index (χ0v) is 11.9. The van der Waals surface area contributed by atoms with E-state index in [4.69, 9.17) is 4.74 Å². The third-order valence-corrected chi connectivity index (χ3v) is 4.41. The van der Waals surface area contributed by atoms with Crippen molar-refractivity contribution in [3.63, 3.8) is 0 Å². The number of hydrogen-bond donors (Lipinski definition) is 2. The van der Waals surface area contributed by atoms with Crippen LogP contribution in [0.15, 0.2) is 12.3 Å². The van der Waals surface area contributed by atoms with Gasteiger partial charge >= 0.3 is 16.2 Å². The summed E-state index contributed by atoms with van der Waals surface area (Å²) in [6, 6.07) is 0.743. The van der Waals surface area contributed by atoms with E-state index in [0.29, 0.717) is 4.31 Å². The second-order valence-electron chi connectivity index (χ2n) is 4.38. The van der Waals surface area contributed by atoms with Gasteiger partial charge in [-0.3, -0.25) is 4.79 Å². The molecule has 3 rings (SSSR count). The second kappa shape index (κ2) is 4.66. The Morgan fingerprint density at radius 3 is 2.82 bits per heavy atom. The highest BCUT2D eigenvalue weighted by atomic mass is 32.2. The number of carbonyl (C=O) groups excluding carboxylic acids is 1. The fourth-order valence-electron chi connectivity index (χ4n) is 2.05. The van der Waals surface area contributed by atoms with E-state index in [0.717, 1.165) is 12.3 Å². The molecule has 2 heterocycles. The number of carbonyl (C=O) groups is 1. The van der Waals surface area contributed by atoms with Gasteiger partial charge in [0.2, 0.25) is 0 Å². The number of aromatic nitrogens is 2. The van der Waals surface area contributed by atoms with Crippen LogP contribution in [-0.4, -0.2) is 43.1 Å². The highest BCUT2D eigenvalue weighted by Gasteiger charge is 2.36. The zero-order valence-electron chi connectivity index (χ0n) is 11.1. The molecule has 116 valence electrons. The standard InChI is InChI=1S/C11H9FN4O5S/c1-21-11-13-3-5-7(17)2-6(9(12)10(5)14-11)16-4-8(18)15-22(16,19)20/h2-3,17H,4H2,1H3,(H,15,18). The summed E-state index contributed by atoms with van der Waals surface area (Å²) in [4.78, 5) is 18.7. The summed E-state index contributed by atoms with van der Waals surface area (Å²) in [5.74, 6) is -2.25. The largest absolute Gasteiger partial charge is 0.507 e. The summed E-state index contributed by atoms with van der Waals surface area (Å²) in [6.45, 7) is -0.591. The number of fused-ring (bicyclic) bond motifs is 1. The maximum Gasteiger partial charge on any atom is 0.326 e. The average Bonchev–Trinajstić information content (AvgIpc) is 2.75. The minimum Gasteiger partial charge on any atom is -0.507 e. The number of aromatic hydroxyl groups is 1. The van der Waals surface area contributed by atoms with Crippen LogP contribution in [0.2, 0.25) is 0 Å². The first-order chi connectivity index (χ1) is 10.3. The number of hydrogen-bond acceptors (Lipinski definition) is 7. The Kier molecular flexibility index (Phi) is 3.02. The lowest BCUT2D eigenvalue weighted by molar-refractivity contribution is -0.117. The summed E-state index contributed by atoms with van der Waals surface area (Å²) >= 11 is 0. The summed E-state index contributed by atoms with van der Waals surface area (Å²) < 4.78 is 45.1. The molecule has 0 aliphatic carbocycles. The van der Waals surface area contributed by atoms with Crippen LogP contribution in [-0.2, 0) is 15.0 Å². The quantitative estimate of drug-likeness (QED) is 0.773. The summed E-state index contributed by atoms with van der Waals surface area (Å²) in [5, 5.41) is 9.91. The van der Waals surface area contributed by atoms with Gasteiger partial charge in [-0.15, -0.1) is 0 Å². The van der Waals surface area contributed by atoms with Crippen molar-refractivity contribution in [2.75, 3.05) is 18.0 Å². The van der Waals surface area contributed by atoms with Gasteiger partial charge in [0.1, 0.15) is 17.8 Å². The van der Waals surface area contributed by atoms with Crippen molar-refractivity contribution in [2.45, 2.75) is 0 Å². The van der Waals surface area contributed by atoms with E-state index in [1.54, 1.807) is 4.72 Å². The normalized spacial score (nSPS) is 16.8. The number of rotatable bonds is 2. The first kappa shape index (κ1) is 14.3. The van der Waals surface area contributed by atoms with Crippen LogP contribution in [0.4, 0.5) is 10.1 Å². The molecule has 0 bridgehead atoms. The topological polar surface area (TPSA) is 122 Å². The number of ether oxygens (including phenoxy) is 1. The van der Waals surface area contributed by atoms with Gasteiger partial charge in [0.15, 0.2) is 5.82 Å². The number of halogens is 1. The first-order valence-corrected chi connectivity index (χ1v) is 7.33. The van der Waals surface area contributed by atoms with E-state index in [2.05, 4.69) is 9.97 Å². The van der Waals surface area contributed by atoms with Crippen LogP contribution >= 0.6 is 0 Å². The van der Waals surface area contributed by atoms with Crippen molar-refractivity contribution in [3.05, 3.63) is 18.1 Å². The molecule has 0 unspecified atom stereocenters. The second-order valence-corrected chi connectivity index (χ2v) is 5.98. The average molecular weight is 328 g/mol. The molecule has 1 saturated heterocycles. The molecule has 2 N–H and O–H groups in total. The number of nitrogens with one attached hydrogen (secondary N) is 1. The lowest BCUT2D eigenvalue weighted by Gasteiger charge is -2.17. The summed E-state index contributed by atoms with van der Waals surface area (Å²) in [6.07, 6.45) is 1.14. The van der Waals surface area contributed by atoms with Crippen molar-refractivity contribution in [1.29, 1.82) is 0 Å². The van der Waals surface area contributed by atoms with Crippen LogP contribution in [0.1, 0.15) is 0 Å². The SMILES string of the molecule is COc1ncc2c(O)cc(N3CC(=O)NS3(=O)=O)c(F)c2n1. The minimum absolute atomic E-state index is 0.0158. The monoisotopic (exact) mass is 328 g/mol. The molecule has 0 atom stereocenters. The van der Waals surface area contributed by atoms with E-state index in [1.807, 2.05) is 0 Å². The third kappa shape index (κ3) is 2.06. The highest BCUT2D eigenvalue weighted by molar-refractivity contribution is 7.92. The van der Waals surface area contributed by atoms with Crippen LogP contribution in [0.5, 0.6) is 11.8 Å². The molecular weight excluding hydrogens is 319 g/mol.